The number of rotatable bonds is 4. The van der Waals surface area contributed by atoms with Crippen LogP contribution in [0.4, 0.5) is 11.4 Å². The van der Waals surface area contributed by atoms with Gasteiger partial charge in [0.2, 0.25) is 5.91 Å². The van der Waals surface area contributed by atoms with Gasteiger partial charge in [-0.25, -0.2) is 0 Å². The summed E-state index contributed by atoms with van der Waals surface area (Å²) < 4.78 is 0. The summed E-state index contributed by atoms with van der Waals surface area (Å²) in [6.45, 7) is 10.7. The molecule has 0 unspecified atom stereocenters. The van der Waals surface area contributed by atoms with Crippen molar-refractivity contribution in [1.29, 1.82) is 0 Å². The van der Waals surface area contributed by atoms with E-state index in [2.05, 4.69) is 56.1 Å². The van der Waals surface area contributed by atoms with Gasteiger partial charge in [-0.1, -0.05) is 6.92 Å². The first-order valence-electron chi connectivity index (χ1n) is 9.57. The Morgan fingerprint density at radius 2 is 1.88 bits per heavy atom. The maximum Gasteiger partial charge on any atom is 0.224 e. The van der Waals surface area contributed by atoms with E-state index >= 15 is 0 Å². The Kier molecular flexibility index (Phi) is 4.34. The second-order valence-corrected chi connectivity index (χ2v) is 9.81. The van der Waals surface area contributed by atoms with E-state index in [1.807, 2.05) is 11.3 Å². The SMILES string of the molecule is Cc1cc2c(s1)CN(c1cc(C)c(NC(=O)CC3(C)CC3)c(C)c1)CC2. The summed E-state index contributed by atoms with van der Waals surface area (Å²) in [5.74, 6) is 0.153. The molecule has 1 amide bonds. The number of hydrogen-bond acceptors (Lipinski definition) is 3. The zero-order valence-corrected chi connectivity index (χ0v) is 17.1. The second kappa shape index (κ2) is 6.41. The van der Waals surface area contributed by atoms with Crippen LogP contribution in [-0.2, 0) is 17.8 Å². The number of fused-ring (bicyclic) bond motifs is 1. The van der Waals surface area contributed by atoms with Crippen LogP contribution in [0.3, 0.4) is 0 Å². The first-order valence-corrected chi connectivity index (χ1v) is 10.4. The summed E-state index contributed by atoms with van der Waals surface area (Å²) in [5.41, 5.74) is 6.34. The van der Waals surface area contributed by atoms with Crippen molar-refractivity contribution in [1.82, 2.24) is 0 Å². The van der Waals surface area contributed by atoms with Crippen LogP contribution in [0.1, 0.15) is 52.6 Å². The van der Waals surface area contributed by atoms with Gasteiger partial charge in [0.05, 0.1) is 6.54 Å². The van der Waals surface area contributed by atoms with Gasteiger partial charge in [-0.15, -0.1) is 11.3 Å². The number of nitrogens with zero attached hydrogens (tertiary/aromatic N) is 1. The number of carbonyl (C=O) groups excluding carboxylic acids is 1. The van der Waals surface area contributed by atoms with Gasteiger partial charge in [-0.2, -0.15) is 0 Å². The van der Waals surface area contributed by atoms with Gasteiger partial charge in [-0.05, 0) is 80.3 Å². The molecule has 1 aromatic carbocycles. The zero-order valence-electron chi connectivity index (χ0n) is 16.2. The lowest BCUT2D eigenvalue weighted by Crippen LogP contribution is -2.29. The minimum absolute atomic E-state index is 0.153. The molecule has 0 saturated heterocycles. The molecule has 0 atom stereocenters. The summed E-state index contributed by atoms with van der Waals surface area (Å²) in [4.78, 5) is 17.8. The molecule has 4 rings (SSSR count). The molecule has 1 fully saturated rings. The van der Waals surface area contributed by atoms with E-state index in [9.17, 15) is 4.79 Å². The molecule has 1 aromatic heterocycles. The topological polar surface area (TPSA) is 32.3 Å². The lowest BCUT2D eigenvalue weighted by molar-refractivity contribution is -0.117. The van der Waals surface area contributed by atoms with Crippen LogP contribution in [0, 0.1) is 26.2 Å². The van der Waals surface area contributed by atoms with Crippen molar-refractivity contribution in [3.63, 3.8) is 0 Å². The Hall–Kier alpha value is -1.81. The summed E-state index contributed by atoms with van der Waals surface area (Å²) >= 11 is 1.92. The quantitative estimate of drug-likeness (QED) is 0.787. The predicted molar refractivity (Wildman–Crippen MR) is 110 cm³/mol. The third-order valence-corrected chi connectivity index (χ3v) is 6.92. The molecule has 3 nitrogen and oxygen atoms in total. The number of benzene rings is 1. The van der Waals surface area contributed by atoms with E-state index < -0.39 is 0 Å². The lowest BCUT2D eigenvalue weighted by Gasteiger charge is -2.30. The molecular weight excluding hydrogens is 340 g/mol. The first-order chi connectivity index (χ1) is 12.3. The minimum atomic E-state index is 0.153. The van der Waals surface area contributed by atoms with E-state index in [1.54, 1.807) is 0 Å². The fraction of sp³-hybridized carbons (Fsp3) is 0.500. The van der Waals surface area contributed by atoms with Crippen LogP contribution in [-0.4, -0.2) is 12.5 Å². The zero-order chi connectivity index (χ0) is 18.5. The third-order valence-electron chi connectivity index (χ3n) is 5.84. The molecule has 138 valence electrons. The lowest BCUT2D eigenvalue weighted by atomic mass is 10.0. The first kappa shape index (κ1) is 17.6. The normalized spacial score (nSPS) is 17.8. The highest BCUT2D eigenvalue weighted by atomic mass is 32.1. The van der Waals surface area contributed by atoms with E-state index in [4.69, 9.17) is 0 Å². The number of nitrogens with one attached hydrogen (secondary N) is 1. The smallest absolute Gasteiger partial charge is 0.224 e. The number of carbonyl (C=O) groups is 1. The third kappa shape index (κ3) is 3.52. The Morgan fingerprint density at radius 3 is 2.54 bits per heavy atom. The number of amides is 1. The van der Waals surface area contributed by atoms with Crippen LogP contribution >= 0.6 is 11.3 Å². The highest BCUT2D eigenvalue weighted by Crippen LogP contribution is 2.48. The molecule has 1 N–H and O–H groups in total. The van der Waals surface area contributed by atoms with Gasteiger partial charge < -0.3 is 10.2 Å². The van der Waals surface area contributed by atoms with Crippen molar-refractivity contribution in [3.05, 3.63) is 44.6 Å². The highest BCUT2D eigenvalue weighted by Gasteiger charge is 2.39. The van der Waals surface area contributed by atoms with Crippen LogP contribution in [0.5, 0.6) is 0 Å². The van der Waals surface area contributed by atoms with Gasteiger partial charge in [0.1, 0.15) is 0 Å². The van der Waals surface area contributed by atoms with E-state index in [1.165, 1.54) is 33.8 Å². The fourth-order valence-corrected chi connectivity index (χ4v) is 5.07. The van der Waals surface area contributed by atoms with Crippen LogP contribution in [0.25, 0.3) is 0 Å². The van der Waals surface area contributed by atoms with Crippen LogP contribution < -0.4 is 10.2 Å². The van der Waals surface area contributed by atoms with E-state index in [-0.39, 0.29) is 11.3 Å². The highest BCUT2D eigenvalue weighted by molar-refractivity contribution is 7.12. The summed E-state index contributed by atoms with van der Waals surface area (Å²) in [6.07, 6.45) is 4.11. The van der Waals surface area contributed by atoms with Crippen molar-refractivity contribution in [2.24, 2.45) is 5.41 Å². The number of hydrogen-bond donors (Lipinski definition) is 1. The Labute approximate surface area is 160 Å². The molecule has 2 heterocycles. The van der Waals surface area contributed by atoms with E-state index in [0.717, 1.165) is 36.3 Å². The van der Waals surface area contributed by atoms with Crippen molar-refractivity contribution < 1.29 is 4.79 Å². The maximum absolute atomic E-state index is 12.4. The van der Waals surface area contributed by atoms with Crippen molar-refractivity contribution in [2.45, 2.75) is 59.9 Å². The maximum atomic E-state index is 12.4. The summed E-state index contributed by atoms with van der Waals surface area (Å²) in [7, 11) is 0. The van der Waals surface area contributed by atoms with E-state index in [0.29, 0.717) is 6.42 Å². The standard InChI is InChI=1S/C22H28N2OS/c1-14-9-18(24-8-5-17-11-16(3)26-19(17)13-24)10-15(2)21(14)23-20(25)12-22(4)6-7-22/h9-11H,5-8,12-13H2,1-4H3,(H,23,25). The van der Waals surface area contributed by atoms with Crippen LogP contribution in [0.2, 0.25) is 0 Å². The van der Waals surface area contributed by atoms with Crippen LogP contribution in [0.15, 0.2) is 18.2 Å². The summed E-state index contributed by atoms with van der Waals surface area (Å²) in [6, 6.07) is 6.80. The molecule has 0 radical (unpaired) electrons. The largest absolute Gasteiger partial charge is 0.366 e. The monoisotopic (exact) mass is 368 g/mol. The number of thiophene rings is 1. The molecule has 1 aliphatic carbocycles. The summed E-state index contributed by atoms with van der Waals surface area (Å²) in [5, 5.41) is 3.17. The molecule has 0 spiro atoms. The Balaban J connectivity index is 1.51. The molecule has 2 aliphatic rings. The molecule has 2 aromatic rings. The molecule has 1 saturated carbocycles. The van der Waals surface area contributed by atoms with Crippen molar-refractivity contribution in [2.75, 3.05) is 16.8 Å². The Bertz CT molecular complexity index is 840. The van der Waals surface area contributed by atoms with Gasteiger partial charge in [0.15, 0.2) is 0 Å². The average molecular weight is 369 g/mol. The molecule has 4 heteroatoms. The Morgan fingerprint density at radius 1 is 1.19 bits per heavy atom. The molecule has 1 aliphatic heterocycles. The van der Waals surface area contributed by atoms with Gasteiger partial charge >= 0.3 is 0 Å². The van der Waals surface area contributed by atoms with Gasteiger partial charge in [0, 0.05) is 34.1 Å². The second-order valence-electron chi connectivity index (χ2n) is 8.47. The molecule has 26 heavy (non-hydrogen) atoms. The molecular formula is C22H28N2OS. The molecule has 0 bridgehead atoms. The van der Waals surface area contributed by atoms with Crippen molar-refractivity contribution >= 4 is 28.6 Å². The number of anilines is 2. The van der Waals surface area contributed by atoms with Gasteiger partial charge in [0.25, 0.3) is 0 Å². The average Bonchev–Trinajstić information content (AvgIpc) is 3.16. The number of aryl methyl sites for hydroxylation is 3. The van der Waals surface area contributed by atoms with Crippen molar-refractivity contribution in [3.8, 4) is 0 Å². The minimum Gasteiger partial charge on any atom is -0.366 e. The fourth-order valence-electron chi connectivity index (χ4n) is 3.97. The predicted octanol–water partition coefficient (Wildman–Crippen LogP) is 5.36. The van der Waals surface area contributed by atoms with Gasteiger partial charge in [-0.3, -0.25) is 4.79 Å².